The Hall–Kier alpha value is -2.44. The Morgan fingerprint density at radius 3 is 2.60 bits per heavy atom. The molecule has 3 aromatic rings. The molecule has 0 bridgehead atoms. The minimum absolute atomic E-state index is 0.0628. The molecule has 0 fully saturated rings. The predicted molar refractivity (Wildman–Crippen MR) is 103 cm³/mol. The lowest BCUT2D eigenvalue weighted by Gasteiger charge is -2.06. The summed E-state index contributed by atoms with van der Waals surface area (Å²) in [5, 5.41) is 7.03. The molecule has 1 heterocycles. The minimum atomic E-state index is -0.453. The van der Waals surface area contributed by atoms with E-state index < -0.39 is 5.82 Å². The summed E-state index contributed by atoms with van der Waals surface area (Å²) < 4.78 is 17.5. The lowest BCUT2D eigenvalue weighted by molar-refractivity contribution is 0.628. The summed E-state index contributed by atoms with van der Waals surface area (Å²) in [5.74, 6) is 0.142. The summed E-state index contributed by atoms with van der Waals surface area (Å²) in [6.45, 7) is 4.00. The molecular weight excluding hydrogens is 359 g/mol. The van der Waals surface area contributed by atoms with Crippen LogP contribution in [0.3, 0.4) is 0 Å². The molecule has 0 aliphatic heterocycles. The van der Waals surface area contributed by atoms with Gasteiger partial charge in [-0.2, -0.15) is 9.36 Å². The molecule has 0 atom stereocenters. The Balaban J connectivity index is 1.67. The maximum Gasteiger partial charge on any atom is 0.207 e. The van der Waals surface area contributed by atoms with E-state index in [1.807, 2.05) is 37.3 Å². The first-order chi connectivity index (χ1) is 12.0. The van der Waals surface area contributed by atoms with Crippen molar-refractivity contribution in [2.75, 3.05) is 10.6 Å². The molecular formula is C18H16ClFN4S. The quantitative estimate of drug-likeness (QED) is 0.587. The monoisotopic (exact) mass is 374 g/mol. The second-order valence-corrected chi connectivity index (χ2v) is 6.69. The Morgan fingerprint density at radius 1 is 1.16 bits per heavy atom. The number of hydrogen-bond donors (Lipinski definition) is 2. The van der Waals surface area contributed by atoms with Crippen LogP contribution in [-0.4, -0.2) is 9.36 Å². The van der Waals surface area contributed by atoms with Crippen molar-refractivity contribution in [1.82, 2.24) is 9.36 Å². The van der Waals surface area contributed by atoms with Crippen LogP contribution in [0.4, 0.5) is 20.9 Å². The zero-order valence-corrected chi connectivity index (χ0v) is 15.2. The molecule has 2 aromatic carbocycles. The zero-order valence-electron chi connectivity index (χ0n) is 13.7. The third-order valence-corrected chi connectivity index (χ3v) is 4.29. The fourth-order valence-corrected chi connectivity index (χ4v) is 2.89. The van der Waals surface area contributed by atoms with Crippen LogP contribution in [0.25, 0.3) is 6.08 Å². The first kappa shape index (κ1) is 17.4. The van der Waals surface area contributed by atoms with Crippen molar-refractivity contribution in [1.29, 1.82) is 0 Å². The van der Waals surface area contributed by atoms with Gasteiger partial charge in [0.15, 0.2) is 5.82 Å². The van der Waals surface area contributed by atoms with E-state index in [2.05, 4.69) is 26.9 Å². The second-order valence-electron chi connectivity index (χ2n) is 5.53. The van der Waals surface area contributed by atoms with Crippen LogP contribution in [0.1, 0.15) is 18.3 Å². The normalized spacial score (nSPS) is 11.4. The van der Waals surface area contributed by atoms with Gasteiger partial charge in [0, 0.05) is 34.7 Å². The summed E-state index contributed by atoms with van der Waals surface area (Å²) in [5.41, 5.74) is 3.81. The molecule has 0 amide bonds. The fraction of sp³-hybridized carbons (Fsp3) is 0.111. The van der Waals surface area contributed by atoms with Crippen molar-refractivity contribution in [2.24, 2.45) is 0 Å². The van der Waals surface area contributed by atoms with Gasteiger partial charge in [-0.05, 0) is 44.2 Å². The molecule has 3 rings (SSSR count). The SMILES string of the molecule is CC(=Cc1nsc(Nc2ccc(F)c(Cl)c2)n1)Nc1ccc(C)cc1. The van der Waals surface area contributed by atoms with Crippen molar-refractivity contribution in [3.05, 3.63) is 70.4 Å². The van der Waals surface area contributed by atoms with E-state index in [1.54, 1.807) is 6.07 Å². The lowest BCUT2D eigenvalue weighted by Crippen LogP contribution is -1.96. The number of rotatable bonds is 5. The van der Waals surface area contributed by atoms with Gasteiger partial charge in [0.1, 0.15) is 5.82 Å². The summed E-state index contributed by atoms with van der Waals surface area (Å²) in [7, 11) is 0. The van der Waals surface area contributed by atoms with Crippen molar-refractivity contribution in [3.63, 3.8) is 0 Å². The molecule has 0 saturated heterocycles. The van der Waals surface area contributed by atoms with Crippen molar-refractivity contribution >= 4 is 45.7 Å². The van der Waals surface area contributed by atoms with Crippen molar-refractivity contribution < 1.29 is 4.39 Å². The van der Waals surface area contributed by atoms with Gasteiger partial charge in [-0.25, -0.2) is 4.39 Å². The molecule has 0 aliphatic carbocycles. The second kappa shape index (κ2) is 7.63. The van der Waals surface area contributed by atoms with Crippen molar-refractivity contribution in [2.45, 2.75) is 13.8 Å². The smallest absolute Gasteiger partial charge is 0.207 e. The molecule has 0 aliphatic rings. The topological polar surface area (TPSA) is 49.8 Å². The average molecular weight is 375 g/mol. The zero-order chi connectivity index (χ0) is 17.8. The number of nitrogens with one attached hydrogen (secondary N) is 2. The van der Waals surface area contributed by atoms with Gasteiger partial charge in [-0.3, -0.25) is 0 Å². The highest BCUT2D eigenvalue weighted by molar-refractivity contribution is 7.09. The van der Waals surface area contributed by atoms with E-state index in [9.17, 15) is 4.39 Å². The van der Waals surface area contributed by atoms with Crippen molar-refractivity contribution in [3.8, 4) is 0 Å². The Bertz CT molecular complexity index is 906. The van der Waals surface area contributed by atoms with E-state index in [4.69, 9.17) is 11.6 Å². The molecule has 7 heteroatoms. The van der Waals surface area contributed by atoms with E-state index >= 15 is 0 Å². The van der Waals surface area contributed by atoms with E-state index in [1.165, 1.54) is 29.2 Å². The standard InChI is InChI=1S/C18H16ClFN4S/c1-11-3-5-13(6-4-11)21-12(2)9-17-23-18(25-24-17)22-14-7-8-16(20)15(19)10-14/h3-10,21H,1-2H3,(H,22,23,24). The molecule has 0 radical (unpaired) electrons. The molecule has 128 valence electrons. The molecule has 2 N–H and O–H groups in total. The number of benzene rings is 2. The summed E-state index contributed by atoms with van der Waals surface area (Å²) in [4.78, 5) is 4.40. The van der Waals surface area contributed by atoms with Crippen LogP contribution < -0.4 is 10.6 Å². The minimum Gasteiger partial charge on any atom is -0.359 e. The number of anilines is 3. The van der Waals surface area contributed by atoms with E-state index in [-0.39, 0.29) is 5.02 Å². The number of allylic oxidation sites excluding steroid dienone is 1. The Kier molecular flexibility index (Phi) is 5.31. The maximum absolute atomic E-state index is 13.2. The molecule has 0 unspecified atom stereocenters. The first-order valence-corrected chi connectivity index (χ1v) is 8.72. The molecule has 4 nitrogen and oxygen atoms in total. The van der Waals surface area contributed by atoms with Crippen LogP contribution in [0.5, 0.6) is 0 Å². The van der Waals surface area contributed by atoms with Crippen LogP contribution >= 0.6 is 23.1 Å². The number of halogens is 2. The third-order valence-electron chi connectivity index (χ3n) is 3.35. The average Bonchev–Trinajstić information content (AvgIpc) is 3.00. The molecule has 25 heavy (non-hydrogen) atoms. The predicted octanol–water partition coefficient (Wildman–Crippen LogP) is 5.86. The summed E-state index contributed by atoms with van der Waals surface area (Å²) >= 11 is 7.00. The van der Waals surface area contributed by atoms with Gasteiger partial charge in [0.25, 0.3) is 0 Å². The van der Waals surface area contributed by atoms with Crippen LogP contribution in [-0.2, 0) is 0 Å². The maximum atomic E-state index is 13.2. The molecule has 0 saturated carbocycles. The van der Waals surface area contributed by atoms with E-state index in [0.717, 1.165) is 11.4 Å². The summed E-state index contributed by atoms with van der Waals surface area (Å²) in [6, 6.07) is 12.6. The molecule has 1 aromatic heterocycles. The van der Waals surface area contributed by atoms with Gasteiger partial charge in [-0.1, -0.05) is 29.3 Å². The largest absolute Gasteiger partial charge is 0.359 e. The van der Waals surface area contributed by atoms with Crippen LogP contribution in [0.2, 0.25) is 5.02 Å². The summed E-state index contributed by atoms with van der Waals surface area (Å²) in [6.07, 6.45) is 1.86. The Labute approximate surface area is 154 Å². The third kappa shape index (κ3) is 4.78. The van der Waals surface area contributed by atoms with Gasteiger partial charge in [-0.15, -0.1) is 0 Å². The highest BCUT2D eigenvalue weighted by Gasteiger charge is 2.05. The van der Waals surface area contributed by atoms with E-state index in [0.29, 0.717) is 16.6 Å². The number of nitrogens with zero attached hydrogens (tertiary/aromatic N) is 2. The van der Waals surface area contributed by atoms with Gasteiger partial charge in [0.2, 0.25) is 5.13 Å². The first-order valence-electron chi connectivity index (χ1n) is 7.57. The number of hydrogen-bond acceptors (Lipinski definition) is 5. The number of aryl methyl sites for hydroxylation is 1. The number of aromatic nitrogens is 2. The highest BCUT2D eigenvalue weighted by Crippen LogP contribution is 2.24. The highest BCUT2D eigenvalue weighted by atomic mass is 35.5. The lowest BCUT2D eigenvalue weighted by atomic mass is 10.2. The van der Waals surface area contributed by atoms with Gasteiger partial charge in [0.05, 0.1) is 5.02 Å². The van der Waals surface area contributed by atoms with Crippen LogP contribution in [0.15, 0.2) is 48.2 Å². The molecule has 0 spiro atoms. The Morgan fingerprint density at radius 2 is 1.88 bits per heavy atom. The van der Waals surface area contributed by atoms with Crippen LogP contribution in [0, 0.1) is 12.7 Å². The van der Waals surface area contributed by atoms with Gasteiger partial charge < -0.3 is 10.6 Å². The van der Waals surface area contributed by atoms with Gasteiger partial charge >= 0.3 is 0 Å². The fourth-order valence-electron chi connectivity index (χ4n) is 2.14.